The van der Waals surface area contributed by atoms with Crippen LogP contribution in [0.1, 0.15) is 42.0 Å². The molecule has 0 saturated carbocycles. The summed E-state index contributed by atoms with van der Waals surface area (Å²) in [6.45, 7) is 0. The zero-order valence-corrected chi connectivity index (χ0v) is 22.6. The van der Waals surface area contributed by atoms with Gasteiger partial charge in [-0.3, -0.25) is 0 Å². The number of rotatable bonds is 6. The third kappa shape index (κ3) is 4.50. The maximum Gasteiger partial charge on any atom is 0.174 e. The third-order valence-corrected chi connectivity index (χ3v) is 8.15. The Kier molecular flexibility index (Phi) is 6.73. The van der Waals surface area contributed by atoms with Gasteiger partial charge in [0.2, 0.25) is 0 Å². The fourth-order valence-corrected chi connectivity index (χ4v) is 6.30. The summed E-state index contributed by atoms with van der Waals surface area (Å²) >= 11 is 1.69. The fraction of sp³-hybridized carbons (Fsp3) is 0.219. The summed E-state index contributed by atoms with van der Waals surface area (Å²) in [6, 6.07) is 25.1. The van der Waals surface area contributed by atoms with E-state index in [1.54, 1.807) is 33.1 Å². The van der Waals surface area contributed by atoms with Crippen molar-refractivity contribution in [3.8, 4) is 17.2 Å². The Morgan fingerprint density at radius 3 is 2.03 bits per heavy atom. The number of nitrogens with zero attached hydrogens (tertiary/aromatic N) is 2. The molecule has 0 spiro atoms. The van der Waals surface area contributed by atoms with Crippen molar-refractivity contribution in [2.75, 3.05) is 21.3 Å². The number of hydrogen-bond acceptors (Lipinski definition) is 6. The zero-order valence-electron chi connectivity index (χ0n) is 21.8. The van der Waals surface area contributed by atoms with Gasteiger partial charge in [0.1, 0.15) is 17.2 Å². The van der Waals surface area contributed by atoms with Gasteiger partial charge in [0, 0.05) is 5.41 Å². The van der Waals surface area contributed by atoms with Gasteiger partial charge in [-0.2, -0.15) is 0 Å². The Bertz CT molecular complexity index is 1450. The molecule has 0 amide bonds. The number of benzene rings is 3. The van der Waals surface area contributed by atoms with Gasteiger partial charge in [-0.1, -0.05) is 36.0 Å². The molecule has 0 bridgehead atoms. The first-order valence-corrected chi connectivity index (χ1v) is 13.7. The summed E-state index contributed by atoms with van der Waals surface area (Å²) in [6.07, 6.45) is 5.41. The molecule has 1 unspecified atom stereocenters. The maximum absolute atomic E-state index is 5.47. The number of amidine groups is 1. The molecule has 38 heavy (non-hydrogen) atoms. The standard InChI is InChI=1S/C32H30N2O3S/c1-35-25-13-7-21(8-14-25)19-24-5-4-6-28-30(24)33-32-34(31(28)23-11-17-27(37-3)18-12-23)29(20-38-32)22-9-15-26(36-2)16-10-22/h7-20,31H,4-6H2,1-3H3/b24-19+. The number of methoxy groups -OCH3 is 3. The minimum Gasteiger partial charge on any atom is -0.497 e. The number of hydrogen-bond donors (Lipinski definition) is 0. The minimum atomic E-state index is 0.0614. The fourth-order valence-electron chi connectivity index (χ4n) is 5.38. The molecule has 192 valence electrons. The Labute approximate surface area is 228 Å². The van der Waals surface area contributed by atoms with Crippen molar-refractivity contribution in [1.29, 1.82) is 0 Å². The van der Waals surface area contributed by atoms with E-state index < -0.39 is 0 Å². The van der Waals surface area contributed by atoms with Crippen molar-refractivity contribution in [1.82, 2.24) is 4.90 Å². The van der Waals surface area contributed by atoms with Crippen molar-refractivity contribution in [3.63, 3.8) is 0 Å². The monoisotopic (exact) mass is 522 g/mol. The van der Waals surface area contributed by atoms with Gasteiger partial charge < -0.3 is 19.1 Å². The normalized spacial score (nSPS) is 19.5. The average molecular weight is 523 g/mol. The van der Waals surface area contributed by atoms with E-state index in [1.807, 2.05) is 24.3 Å². The molecular formula is C32H30N2O3S. The van der Waals surface area contributed by atoms with E-state index in [0.29, 0.717) is 0 Å². The Morgan fingerprint density at radius 1 is 0.789 bits per heavy atom. The smallest absolute Gasteiger partial charge is 0.174 e. The highest BCUT2D eigenvalue weighted by molar-refractivity contribution is 8.16. The van der Waals surface area contributed by atoms with Gasteiger partial charge in [-0.05, 0) is 102 Å². The van der Waals surface area contributed by atoms with Crippen LogP contribution < -0.4 is 14.2 Å². The summed E-state index contributed by atoms with van der Waals surface area (Å²) in [5.74, 6) is 2.58. The molecule has 0 aromatic heterocycles. The Hall–Kier alpha value is -3.90. The lowest BCUT2D eigenvalue weighted by Crippen LogP contribution is -2.34. The number of allylic oxidation sites excluding steroid dienone is 1. The average Bonchev–Trinajstić information content (AvgIpc) is 3.40. The second-order valence-corrected chi connectivity index (χ2v) is 10.3. The van der Waals surface area contributed by atoms with E-state index in [-0.39, 0.29) is 6.04 Å². The molecule has 3 aromatic rings. The molecule has 0 N–H and O–H groups in total. The lowest BCUT2D eigenvalue weighted by Gasteiger charge is -2.40. The first kappa shape index (κ1) is 24.4. The van der Waals surface area contributed by atoms with Gasteiger partial charge in [-0.25, -0.2) is 4.99 Å². The second kappa shape index (κ2) is 10.5. The van der Waals surface area contributed by atoms with Crippen LogP contribution in [-0.4, -0.2) is 31.4 Å². The van der Waals surface area contributed by atoms with Crippen molar-refractivity contribution < 1.29 is 14.2 Å². The van der Waals surface area contributed by atoms with Crippen molar-refractivity contribution in [3.05, 3.63) is 112 Å². The molecule has 2 heterocycles. The topological polar surface area (TPSA) is 43.3 Å². The summed E-state index contributed by atoms with van der Waals surface area (Å²) in [5.41, 5.74) is 8.50. The van der Waals surface area contributed by atoms with Crippen LogP contribution in [0.4, 0.5) is 0 Å². The van der Waals surface area contributed by atoms with Gasteiger partial charge >= 0.3 is 0 Å². The van der Waals surface area contributed by atoms with Gasteiger partial charge in [-0.15, -0.1) is 0 Å². The first-order valence-electron chi connectivity index (χ1n) is 12.8. The van der Waals surface area contributed by atoms with Crippen LogP contribution in [0.25, 0.3) is 11.8 Å². The summed E-state index contributed by atoms with van der Waals surface area (Å²) in [4.78, 5) is 7.69. The van der Waals surface area contributed by atoms with Gasteiger partial charge in [0.05, 0.1) is 38.8 Å². The molecule has 3 aliphatic rings. The largest absolute Gasteiger partial charge is 0.497 e. The molecule has 6 rings (SSSR count). The van der Waals surface area contributed by atoms with Crippen molar-refractivity contribution in [2.45, 2.75) is 25.3 Å². The van der Waals surface area contributed by atoms with E-state index in [9.17, 15) is 0 Å². The molecule has 0 fully saturated rings. The first-order chi connectivity index (χ1) is 18.7. The Morgan fingerprint density at radius 2 is 1.39 bits per heavy atom. The molecule has 0 radical (unpaired) electrons. The Balaban J connectivity index is 1.45. The van der Waals surface area contributed by atoms with Crippen LogP contribution in [0.15, 0.2) is 100 Å². The molecule has 0 saturated heterocycles. The van der Waals surface area contributed by atoms with Gasteiger partial charge in [0.15, 0.2) is 5.17 Å². The number of ether oxygens (including phenoxy) is 3. The van der Waals surface area contributed by atoms with Crippen molar-refractivity contribution in [2.24, 2.45) is 4.99 Å². The highest BCUT2D eigenvalue weighted by Crippen LogP contribution is 2.51. The quantitative estimate of drug-likeness (QED) is 0.332. The molecule has 1 aliphatic carbocycles. The molecule has 5 nitrogen and oxygen atoms in total. The number of aliphatic imine (C=N–C) groups is 1. The SMILES string of the molecule is COc1ccc(/C=C2\CCCC3=C2N=C2SC=C(c4ccc(OC)cc4)N2C3c2ccc(OC)cc2)cc1. The van der Waals surface area contributed by atoms with Crippen LogP contribution in [0, 0.1) is 0 Å². The second-order valence-electron chi connectivity index (χ2n) is 9.46. The minimum absolute atomic E-state index is 0.0614. The predicted molar refractivity (Wildman–Crippen MR) is 155 cm³/mol. The number of thioether (sulfide) groups is 1. The van der Waals surface area contributed by atoms with Crippen LogP contribution in [-0.2, 0) is 0 Å². The summed E-state index contributed by atoms with van der Waals surface area (Å²) in [7, 11) is 5.10. The van der Waals surface area contributed by atoms with E-state index in [0.717, 1.165) is 64.2 Å². The molecule has 1 atom stereocenters. The predicted octanol–water partition coefficient (Wildman–Crippen LogP) is 7.69. The molecular weight excluding hydrogens is 492 g/mol. The molecule has 2 aliphatic heterocycles. The maximum atomic E-state index is 5.47. The van der Waals surface area contributed by atoms with Crippen LogP contribution in [0.5, 0.6) is 17.2 Å². The van der Waals surface area contributed by atoms with Crippen LogP contribution in [0.2, 0.25) is 0 Å². The van der Waals surface area contributed by atoms with Crippen LogP contribution in [0.3, 0.4) is 0 Å². The van der Waals surface area contributed by atoms with Crippen LogP contribution >= 0.6 is 11.8 Å². The highest BCUT2D eigenvalue weighted by Gasteiger charge is 2.40. The van der Waals surface area contributed by atoms with E-state index >= 15 is 0 Å². The third-order valence-electron chi connectivity index (χ3n) is 7.31. The van der Waals surface area contributed by atoms with E-state index in [4.69, 9.17) is 19.2 Å². The molecule has 3 aromatic carbocycles. The van der Waals surface area contributed by atoms with Gasteiger partial charge in [0.25, 0.3) is 0 Å². The lowest BCUT2D eigenvalue weighted by atomic mass is 9.82. The summed E-state index contributed by atoms with van der Waals surface area (Å²) < 4.78 is 16.2. The zero-order chi connectivity index (χ0) is 26.1. The number of fused-ring (bicyclic) bond motifs is 1. The summed E-state index contributed by atoms with van der Waals surface area (Å²) in [5, 5.41) is 3.24. The van der Waals surface area contributed by atoms with E-state index in [1.165, 1.54) is 16.7 Å². The van der Waals surface area contributed by atoms with Crippen molar-refractivity contribution >= 4 is 28.7 Å². The molecule has 6 heteroatoms. The highest BCUT2D eigenvalue weighted by atomic mass is 32.2. The lowest BCUT2D eigenvalue weighted by molar-refractivity contribution is 0.413. The van der Waals surface area contributed by atoms with E-state index in [2.05, 4.69) is 64.9 Å².